The van der Waals surface area contributed by atoms with Gasteiger partial charge >= 0.3 is 5.97 Å². The van der Waals surface area contributed by atoms with Crippen molar-refractivity contribution < 1.29 is 23.8 Å². The Labute approximate surface area is 116 Å². The molecule has 0 saturated heterocycles. The Morgan fingerprint density at radius 2 is 2.20 bits per heavy atom. The average molecular weight is 277 g/mol. The van der Waals surface area contributed by atoms with E-state index in [-0.39, 0.29) is 12.7 Å². The Bertz CT molecular complexity index is 540. The van der Waals surface area contributed by atoms with E-state index in [0.717, 1.165) is 0 Å². The molecule has 1 unspecified atom stereocenters. The molecular formula is C14H15NO5. The standard InChI is InChI=1S/C14H15NO5/c1-3-6-15-13(16)9(2)20-14(17)10-4-5-11-12(7-10)19-8-18-11/h3-5,7,9H,1,6,8H2,2H3,(H,15,16). The van der Waals surface area contributed by atoms with Crippen LogP contribution in [0.3, 0.4) is 0 Å². The second-order valence-electron chi connectivity index (χ2n) is 4.15. The lowest BCUT2D eigenvalue weighted by molar-refractivity contribution is -0.128. The summed E-state index contributed by atoms with van der Waals surface area (Å²) >= 11 is 0. The summed E-state index contributed by atoms with van der Waals surface area (Å²) in [4.78, 5) is 23.5. The van der Waals surface area contributed by atoms with E-state index in [1.165, 1.54) is 13.0 Å². The van der Waals surface area contributed by atoms with Crippen LogP contribution in [0.1, 0.15) is 17.3 Å². The van der Waals surface area contributed by atoms with Gasteiger partial charge < -0.3 is 19.5 Å². The van der Waals surface area contributed by atoms with Crippen molar-refractivity contribution in [1.29, 1.82) is 0 Å². The first-order valence-corrected chi connectivity index (χ1v) is 6.11. The Hall–Kier alpha value is -2.50. The Kier molecular flexibility index (Phi) is 4.24. The normalized spacial score (nSPS) is 13.4. The maximum absolute atomic E-state index is 11.9. The molecule has 1 N–H and O–H groups in total. The molecular weight excluding hydrogens is 262 g/mol. The minimum Gasteiger partial charge on any atom is -0.454 e. The summed E-state index contributed by atoms with van der Waals surface area (Å²) in [6.45, 7) is 5.45. The minimum atomic E-state index is -0.882. The second-order valence-corrected chi connectivity index (χ2v) is 4.15. The molecule has 0 fully saturated rings. The van der Waals surface area contributed by atoms with Crippen molar-refractivity contribution >= 4 is 11.9 Å². The highest BCUT2D eigenvalue weighted by Crippen LogP contribution is 2.32. The van der Waals surface area contributed by atoms with Crippen LogP contribution >= 0.6 is 0 Å². The number of carbonyl (C=O) groups excluding carboxylic acids is 2. The van der Waals surface area contributed by atoms with E-state index in [1.807, 2.05) is 0 Å². The van der Waals surface area contributed by atoms with Crippen LogP contribution < -0.4 is 14.8 Å². The molecule has 1 aliphatic heterocycles. The minimum absolute atomic E-state index is 0.133. The third-order valence-electron chi connectivity index (χ3n) is 2.68. The van der Waals surface area contributed by atoms with E-state index in [0.29, 0.717) is 23.6 Å². The van der Waals surface area contributed by atoms with Gasteiger partial charge in [-0.1, -0.05) is 6.08 Å². The first-order valence-electron chi connectivity index (χ1n) is 6.11. The van der Waals surface area contributed by atoms with Gasteiger partial charge in [-0.05, 0) is 25.1 Å². The van der Waals surface area contributed by atoms with Gasteiger partial charge in [0.1, 0.15) is 0 Å². The average Bonchev–Trinajstić information content (AvgIpc) is 2.91. The first kappa shape index (κ1) is 13.9. The van der Waals surface area contributed by atoms with Crippen molar-refractivity contribution in [3.05, 3.63) is 36.4 Å². The van der Waals surface area contributed by atoms with E-state index in [9.17, 15) is 9.59 Å². The largest absolute Gasteiger partial charge is 0.454 e. The summed E-state index contributed by atoms with van der Waals surface area (Å²) < 4.78 is 15.4. The van der Waals surface area contributed by atoms with E-state index >= 15 is 0 Å². The molecule has 1 atom stereocenters. The number of benzene rings is 1. The number of hydrogen-bond donors (Lipinski definition) is 1. The summed E-state index contributed by atoms with van der Waals surface area (Å²) in [7, 11) is 0. The van der Waals surface area contributed by atoms with Gasteiger partial charge in [0.15, 0.2) is 17.6 Å². The molecule has 0 saturated carbocycles. The quantitative estimate of drug-likeness (QED) is 0.648. The third kappa shape index (κ3) is 3.09. The molecule has 20 heavy (non-hydrogen) atoms. The van der Waals surface area contributed by atoms with Crippen molar-refractivity contribution in [2.24, 2.45) is 0 Å². The van der Waals surface area contributed by atoms with Crippen molar-refractivity contribution in [1.82, 2.24) is 5.32 Å². The van der Waals surface area contributed by atoms with Gasteiger partial charge in [0.25, 0.3) is 5.91 Å². The zero-order valence-corrected chi connectivity index (χ0v) is 11.0. The van der Waals surface area contributed by atoms with Crippen molar-refractivity contribution in [3.8, 4) is 11.5 Å². The highest BCUT2D eigenvalue weighted by atomic mass is 16.7. The molecule has 0 spiro atoms. The summed E-state index contributed by atoms with van der Waals surface area (Å²) in [6, 6.07) is 4.71. The smallest absolute Gasteiger partial charge is 0.339 e. The molecule has 0 aliphatic carbocycles. The molecule has 2 rings (SSSR count). The van der Waals surface area contributed by atoms with Crippen molar-refractivity contribution in [2.75, 3.05) is 13.3 Å². The monoisotopic (exact) mass is 277 g/mol. The summed E-state index contributed by atoms with van der Waals surface area (Å²) in [5, 5.41) is 2.55. The third-order valence-corrected chi connectivity index (χ3v) is 2.68. The van der Waals surface area contributed by atoms with Crippen LogP contribution in [0.25, 0.3) is 0 Å². The summed E-state index contributed by atoms with van der Waals surface area (Å²) in [5.74, 6) is 0.102. The van der Waals surface area contributed by atoms with Crippen LogP contribution in [0.4, 0.5) is 0 Å². The van der Waals surface area contributed by atoms with Gasteiger partial charge in [-0.25, -0.2) is 4.79 Å². The maximum Gasteiger partial charge on any atom is 0.339 e. The predicted octanol–water partition coefficient (Wildman–Crippen LogP) is 1.26. The number of carbonyl (C=O) groups is 2. The molecule has 6 heteroatoms. The fourth-order valence-electron chi connectivity index (χ4n) is 1.62. The first-order chi connectivity index (χ1) is 9.61. The summed E-state index contributed by atoms with van der Waals surface area (Å²) in [5.41, 5.74) is 0.303. The lowest BCUT2D eigenvalue weighted by Crippen LogP contribution is -2.35. The molecule has 1 aliphatic rings. The number of hydrogen-bond acceptors (Lipinski definition) is 5. The second kappa shape index (κ2) is 6.10. The fraction of sp³-hybridized carbons (Fsp3) is 0.286. The van der Waals surface area contributed by atoms with E-state index in [1.54, 1.807) is 18.2 Å². The molecule has 0 aromatic heterocycles. The van der Waals surface area contributed by atoms with Crippen LogP contribution in [0.15, 0.2) is 30.9 Å². The summed E-state index contributed by atoms with van der Waals surface area (Å²) in [6.07, 6.45) is 0.664. The number of ether oxygens (including phenoxy) is 3. The SMILES string of the molecule is C=CCNC(=O)C(C)OC(=O)c1ccc2c(c1)OCO2. The van der Waals surface area contributed by atoms with Crippen LogP contribution in [-0.4, -0.2) is 31.3 Å². The molecule has 1 aromatic rings. The molecule has 6 nitrogen and oxygen atoms in total. The zero-order valence-electron chi connectivity index (χ0n) is 11.0. The highest BCUT2D eigenvalue weighted by Gasteiger charge is 2.21. The number of esters is 1. The molecule has 1 heterocycles. The lowest BCUT2D eigenvalue weighted by Gasteiger charge is -2.12. The number of fused-ring (bicyclic) bond motifs is 1. The van der Waals surface area contributed by atoms with Crippen LogP contribution in [0.5, 0.6) is 11.5 Å². The number of rotatable bonds is 5. The lowest BCUT2D eigenvalue weighted by atomic mass is 10.2. The fourth-order valence-corrected chi connectivity index (χ4v) is 1.62. The number of nitrogens with one attached hydrogen (secondary N) is 1. The molecule has 0 bridgehead atoms. The highest BCUT2D eigenvalue weighted by molar-refractivity contribution is 5.92. The van der Waals surface area contributed by atoms with Crippen LogP contribution in [0, 0.1) is 0 Å². The van der Waals surface area contributed by atoms with E-state index < -0.39 is 12.1 Å². The van der Waals surface area contributed by atoms with Gasteiger partial charge in [-0.15, -0.1) is 6.58 Å². The Balaban J connectivity index is 1.97. The van der Waals surface area contributed by atoms with Gasteiger partial charge in [0, 0.05) is 6.54 Å². The van der Waals surface area contributed by atoms with Gasteiger partial charge in [0.05, 0.1) is 5.56 Å². The maximum atomic E-state index is 11.9. The Morgan fingerprint density at radius 3 is 2.95 bits per heavy atom. The van der Waals surface area contributed by atoms with Crippen LogP contribution in [-0.2, 0) is 9.53 Å². The van der Waals surface area contributed by atoms with Crippen LogP contribution in [0.2, 0.25) is 0 Å². The molecule has 1 amide bonds. The van der Waals surface area contributed by atoms with E-state index in [4.69, 9.17) is 14.2 Å². The zero-order chi connectivity index (χ0) is 14.5. The number of amides is 1. The Morgan fingerprint density at radius 1 is 1.45 bits per heavy atom. The van der Waals surface area contributed by atoms with Crippen molar-refractivity contribution in [3.63, 3.8) is 0 Å². The molecule has 1 aromatic carbocycles. The molecule has 0 radical (unpaired) electrons. The van der Waals surface area contributed by atoms with Gasteiger partial charge in [0.2, 0.25) is 6.79 Å². The van der Waals surface area contributed by atoms with Crippen molar-refractivity contribution in [2.45, 2.75) is 13.0 Å². The molecule has 106 valence electrons. The van der Waals surface area contributed by atoms with Gasteiger partial charge in [-0.2, -0.15) is 0 Å². The van der Waals surface area contributed by atoms with Gasteiger partial charge in [-0.3, -0.25) is 4.79 Å². The predicted molar refractivity (Wildman–Crippen MR) is 70.6 cm³/mol. The van der Waals surface area contributed by atoms with E-state index in [2.05, 4.69) is 11.9 Å². The topological polar surface area (TPSA) is 73.9 Å².